The Kier molecular flexibility index (Phi) is 5.05. The van der Waals surface area contributed by atoms with E-state index in [0.29, 0.717) is 30.3 Å². The number of alkyl halides is 2. The van der Waals surface area contributed by atoms with E-state index in [2.05, 4.69) is 9.46 Å². The maximum atomic E-state index is 12.4. The van der Waals surface area contributed by atoms with Crippen molar-refractivity contribution in [2.24, 2.45) is 0 Å². The molecule has 1 aliphatic heterocycles. The van der Waals surface area contributed by atoms with Crippen LogP contribution in [0.15, 0.2) is 47.4 Å². The second-order valence-corrected chi connectivity index (χ2v) is 6.92. The normalized spacial score (nSPS) is 13.7. The lowest BCUT2D eigenvalue weighted by Crippen LogP contribution is -2.23. The van der Waals surface area contributed by atoms with Gasteiger partial charge in [0, 0.05) is 12.6 Å². The number of ether oxygens (including phenoxy) is 3. The van der Waals surface area contributed by atoms with Gasteiger partial charge in [0.05, 0.1) is 4.90 Å². The van der Waals surface area contributed by atoms with Crippen LogP contribution in [0.5, 0.6) is 17.2 Å². The number of nitrogens with one attached hydrogen (secondary N) is 1. The first-order valence-corrected chi connectivity index (χ1v) is 8.85. The lowest BCUT2D eigenvalue weighted by atomic mass is 10.2. The van der Waals surface area contributed by atoms with Gasteiger partial charge < -0.3 is 14.2 Å². The van der Waals surface area contributed by atoms with Gasteiger partial charge in [-0.15, -0.1) is 0 Å². The highest BCUT2D eigenvalue weighted by molar-refractivity contribution is 7.89. The molecular formula is C16H15F2NO5S. The van der Waals surface area contributed by atoms with Crippen LogP contribution in [-0.4, -0.2) is 28.2 Å². The van der Waals surface area contributed by atoms with Crippen molar-refractivity contribution in [2.75, 3.05) is 13.2 Å². The molecule has 6 nitrogen and oxygen atoms in total. The summed E-state index contributed by atoms with van der Waals surface area (Å²) in [6.45, 7) is -2.12. The zero-order chi connectivity index (χ0) is 17.9. The maximum Gasteiger partial charge on any atom is 0.387 e. The van der Waals surface area contributed by atoms with E-state index in [1.54, 1.807) is 6.07 Å². The fraction of sp³-hybridized carbons (Fsp3) is 0.250. The molecule has 0 atom stereocenters. The lowest BCUT2D eigenvalue weighted by molar-refractivity contribution is -0.0498. The highest BCUT2D eigenvalue weighted by Crippen LogP contribution is 2.32. The number of hydrogen-bond acceptors (Lipinski definition) is 5. The van der Waals surface area contributed by atoms with E-state index in [-0.39, 0.29) is 17.2 Å². The zero-order valence-corrected chi connectivity index (χ0v) is 13.8. The van der Waals surface area contributed by atoms with Crippen LogP contribution in [0.2, 0.25) is 0 Å². The summed E-state index contributed by atoms with van der Waals surface area (Å²) in [6.07, 6.45) is 0. The summed E-state index contributed by atoms with van der Waals surface area (Å²) < 4.78 is 66.4. The minimum Gasteiger partial charge on any atom is -0.486 e. The fourth-order valence-corrected chi connectivity index (χ4v) is 3.27. The van der Waals surface area contributed by atoms with E-state index in [1.807, 2.05) is 0 Å². The molecule has 0 aliphatic carbocycles. The van der Waals surface area contributed by atoms with Crippen molar-refractivity contribution in [1.82, 2.24) is 4.72 Å². The van der Waals surface area contributed by atoms with Crippen LogP contribution in [0, 0.1) is 0 Å². The topological polar surface area (TPSA) is 73.9 Å². The fourth-order valence-electron chi connectivity index (χ4n) is 2.24. The summed E-state index contributed by atoms with van der Waals surface area (Å²) in [6, 6.07) is 10.1. The molecule has 3 rings (SSSR count). The number of halogens is 2. The zero-order valence-electron chi connectivity index (χ0n) is 12.9. The van der Waals surface area contributed by atoms with Gasteiger partial charge in [-0.25, -0.2) is 13.1 Å². The second-order valence-electron chi connectivity index (χ2n) is 5.15. The van der Waals surface area contributed by atoms with E-state index in [4.69, 9.17) is 9.47 Å². The van der Waals surface area contributed by atoms with Crippen LogP contribution in [0.25, 0.3) is 0 Å². The van der Waals surface area contributed by atoms with Crippen molar-refractivity contribution in [1.29, 1.82) is 0 Å². The predicted octanol–water partition coefficient (Wildman–Crippen LogP) is 2.54. The van der Waals surface area contributed by atoms with Gasteiger partial charge in [-0.2, -0.15) is 8.78 Å². The maximum absolute atomic E-state index is 12.4. The summed E-state index contributed by atoms with van der Waals surface area (Å²) in [5.41, 5.74) is 0.600. The minimum atomic E-state index is -3.76. The third kappa shape index (κ3) is 4.37. The van der Waals surface area contributed by atoms with Gasteiger partial charge >= 0.3 is 6.61 Å². The summed E-state index contributed by atoms with van der Waals surface area (Å²) in [5.74, 6) is 0.885. The Labute approximate surface area is 143 Å². The van der Waals surface area contributed by atoms with Gasteiger partial charge in [0.15, 0.2) is 11.5 Å². The molecule has 1 aliphatic rings. The van der Waals surface area contributed by atoms with Crippen LogP contribution in [0.4, 0.5) is 8.78 Å². The van der Waals surface area contributed by atoms with Crippen LogP contribution < -0.4 is 18.9 Å². The van der Waals surface area contributed by atoms with Gasteiger partial charge in [0.2, 0.25) is 10.0 Å². The largest absolute Gasteiger partial charge is 0.486 e. The van der Waals surface area contributed by atoms with E-state index in [1.165, 1.54) is 36.4 Å². The first kappa shape index (κ1) is 17.4. The molecule has 0 saturated carbocycles. The van der Waals surface area contributed by atoms with E-state index < -0.39 is 16.6 Å². The van der Waals surface area contributed by atoms with Gasteiger partial charge in [0.1, 0.15) is 19.0 Å². The second kappa shape index (κ2) is 7.24. The molecule has 1 N–H and O–H groups in total. The lowest BCUT2D eigenvalue weighted by Gasteiger charge is -2.19. The average Bonchev–Trinajstić information content (AvgIpc) is 2.60. The van der Waals surface area contributed by atoms with Crippen LogP contribution in [0.1, 0.15) is 5.56 Å². The average molecular weight is 371 g/mol. The molecule has 1 heterocycles. The van der Waals surface area contributed by atoms with Crippen LogP contribution in [0.3, 0.4) is 0 Å². The van der Waals surface area contributed by atoms with Crippen molar-refractivity contribution < 1.29 is 31.4 Å². The van der Waals surface area contributed by atoms with Crippen molar-refractivity contribution >= 4 is 10.0 Å². The third-order valence-electron chi connectivity index (χ3n) is 3.44. The molecule has 2 aromatic rings. The molecule has 0 aromatic heterocycles. The van der Waals surface area contributed by atoms with Gasteiger partial charge in [-0.3, -0.25) is 0 Å². The Bertz CT molecular complexity index is 840. The Balaban J connectivity index is 1.67. The Morgan fingerprint density at radius 2 is 1.72 bits per heavy atom. The highest BCUT2D eigenvalue weighted by Gasteiger charge is 2.19. The molecule has 0 saturated heterocycles. The SMILES string of the molecule is O=S(=O)(NCc1ccc(OC(F)F)cc1)c1ccc2c(c1)OCCO2. The van der Waals surface area contributed by atoms with Gasteiger partial charge in [-0.1, -0.05) is 12.1 Å². The van der Waals surface area contributed by atoms with Crippen LogP contribution >= 0.6 is 0 Å². The summed E-state index contributed by atoms with van der Waals surface area (Å²) in [5, 5.41) is 0. The Hall–Kier alpha value is -2.39. The van der Waals surface area contributed by atoms with Crippen molar-refractivity contribution in [2.45, 2.75) is 18.1 Å². The number of fused-ring (bicyclic) bond motifs is 1. The van der Waals surface area contributed by atoms with Crippen molar-refractivity contribution in [3.63, 3.8) is 0 Å². The van der Waals surface area contributed by atoms with Gasteiger partial charge in [-0.05, 0) is 29.8 Å². The summed E-state index contributed by atoms with van der Waals surface area (Å²) >= 11 is 0. The van der Waals surface area contributed by atoms with Gasteiger partial charge in [0.25, 0.3) is 0 Å². The molecule has 0 amide bonds. The molecule has 9 heteroatoms. The van der Waals surface area contributed by atoms with Crippen molar-refractivity contribution in [3.05, 3.63) is 48.0 Å². The van der Waals surface area contributed by atoms with E-state index >= 15 is 0 Å². The minimum absolute atomic E-state index is 0.00569. The highest BCUT2D eigenvalue weighted by atomic mass is 32.2. The summed E-state index contributed by atoms with van der Waals surface area (Å²) in [4.78, 5) is 0.0504. The molecule has 0 bridgehead atoms. The molecule has 0 radical (unpaired) electrons. The number of hydrogen-bond donors (Lipinski definition) is 1. The number of rotatable bonds is 6. The molecular weight excluding hydrogens is 356 g/mol. The van der Waals surface area contributed by atoms with Crippen LogP contribution in [-0.2, 0) is 16.6 Å². The molecule has 25 heavy (non-hydrogen) atoms. The Morgan fingerprint density at radius 3 is 2.40 bits per heavy atom. The number of sulfonamides is 1. The Morgan fingerprint density at radius 1 is 1.04 bits per heavy atom. The van der Waals surface area contributed by atoms with Crippen molar-refractivity contribution in [3.8, 4) is 17.2 Å². The molecule has 0 unspecified atom stereocenters. The molecule has 134 valence electrons. The monoisotopic (exact) mass is 371 g/mol. The smallest absolute Gasteiger partial charge is 0.387 e. The first-order valence-electron chi connectivity index (χ1n) is 7.37. The molecule has 2 aromatic carbocycles. The first-order chi connectivity index (χ1) is 11.9. The quantitative estimate of drug-likeness (QED) is 0.845. The number of benzene rings is 2. The standard InChI is InChI=1S/C16H15F2NO5S/c17-16(18)24-12-3-1-11(2-4-12)10-19-25(20,21)13-5-6-14-15(9-13)23-8-7-22-14/h1-6,9,16,19H,7-8,10H2. The molecule has 0 fully saturated rings. The van der Waals surface area contributed by atoms with E-state index in [0.717, 1.165) is 0 Å². The van der Waals surface area contributed by atoms with E-state index in [9.17, 15) is 17.2 Å². The third-order valence-corrected chi connectivity index (χ3v) is 4.84. The predicted molar refractivity (Wildman–Crippen MR) is 84.5 cm³/mol. The molecule has 0 spiro atoms. The summed E-state index contributed by atoms with van der Waals surface area (Å²) in [7, 11) is -3.76.